The quantitative estimate of drug-likeness (QED) is 0.479. The standard InChI is InChI=1S/C16H13NO6/c1-2-21-11-5-3-4-10(6-11)16(18)12-7-14-15(23-9-22-14)8-13(12)17(19)20/h3-8H,2,9H2,1H3. The molecule has 0 unspecified atom stereocenters. The second-order valence-electron chi connectivity index (χ2n) is 4.77. The second kappa shape index (κ2) is 5.96. The van der Waals surface area contributed by atoms with Crippen LogP contribution in [0.3, 0.4) is 0 Å². The van der Waals surface area contributed by atoms with Crippen molar-refractivity contribution in [1.29, 1.82) is 0 Å². The number of hydrogen-bond acceptors (Lipinski definition) is 6. The summed E-state index contributed by atoms with van der Waals surface area (Å²) in [6.45, 7) is 2.27. The Bertz CT molecular complexity index is 786. The van der Waals surface area contributed by atoms with E-state index in [9.17, 15) is 14.9 Å². The van der Waals surface area contributed by atoms with E-state index in [1.165, 1.54) is 12.1 Å². The van der Waals surface area contributed by atoms with Crippen molar-refractivity contribution < 1.29 is 23.9 Å². The highest BCUT2D eigenvalue weighted by Crippen LogP contribution is 2.38. The molecule has 3 rings (SSSR count). The summed E-state index contributed by atoms with van der Waals surface area (Å²) >= 11 is 0. The molecular weight excluding hydrogens is 302 g/mol. The van der Waals surface area contributed by atoms with Gasteiger partial charge in [-0.2, -0.15) is 0 Å². The van der Waals surface area contributed by atoms with Crippen LogP contribution in [0.5, 0.6) is 17.2 Å². The molecule has 0 fully saturated rings. The molecule has 7 nitrogen and oxygen atoms in total. The largest absolute Gasteiger partial charge is 0.494 e. The summed E-state index contributed by atoms with van der Waals surface area (Å²) in [6.07, 6.45) is 0. The molecule has 0 aromatic heterocycles. The molecule has 2 aromatic rings. The Morgan fingerprint density at radius 2 is 2.00 bits per heavy atom. The molecule has 0 radical (unpaired) electrons. The van der Waals surface area contributed by atoms with E-state index in [1.807, 2.05) is 6.92 Å². The van der Waals surface area contributed by atoms with Gasteiger partial charge in [-0.3, -0.25) is 14.9 Å². The summed E-state index contributed by atoms with van der Waals surface area (Å²) in [5.41, 5.74) is -0.0631. The van der Waals surface area contributed by atoms with E-state index in [2.05, 4.69) is 0 Å². The van der Waals surface area contributed by atoms with Gasteiger partial charge < -0.3 is 14.2 Å². The molecule has 0 aliphatic carbocycles. The maximum absolute atomic E-state index is 12.7. The molecule has 7 heteroatoms. The Labute approximate surface area is 131 Å². The third kappa shape index (κ3) is 2.80. The van der Waals surface area contributed by atoms with E-state index >= 15 is 0 Å². The van der Waals surface area contributed by atoms with Gasteiger partial charge in [0.25, 0.3) is 5.69 Å². The lowest BCUT2D eigenvalue weighted by molar-refractivity contribution is -0.385. The van der Waals surface area contributed by atoms with E-state index in [0.29, 0.717) is 23.7 Å². The van der Waals surface area contributed by atoms with Gasteiger partial charge in [0.15, 0.2) is 17.3 Å². The molecule has 0 saturated carbocycles. The molecule has 1 aliphatic heterocycles. The lowest BCUT2D eigenvalue weighted by atomic mass is 10.0. The number of carbonyl (C=O) groups is 1. The van der Waals surface area contributed by atoms with Crippen molar-refractivity contribution in [3.05, 3.63) is 57.6 Å². The molecule has 0 amide bonds. The summed E-state index contributed by atoms with van der Waals surface area (Å²) in [5, 5.41) is 11.3. The van der Waals surface area contributed by atoms with Gasteiger partial charge in [-0.15, -0.1) is 0 Å². The van der Waals surface area contributed by atoms with E-state index in [1.54, 1.807) is 24.3 Å². The van der Waals surface area contributed by atoms with Gasteiger partial charge in [-0.05, 0) is 19.1 Å². The van der Waals surface area contributed by atoms with Crippen molar-refractivity contribution in [2.24, 2.45) is 0 Å². The van der Waals surface area contributed by atoms with Crippen LogP contribution < -0.4 is 14.2 Å². The Kier molecular flexibility index (Phi) is 3.84. The molecule has 23 heavy (non-hydrogen) atoms. The first kappa shape index (κ1) is 14.8. The predicted octanol–water partition coefficient (Wildman–Crippen LogP) is 2.95. The molecule has 0 saturated heterocycles. The molecule has 0 atom stereocenters. The summed E-state index contributed by atoms with van der Waals surface area (Å²) in [4.78, 5) is 23.3. The minimum atomic E-state index is -0.610. The third-order valence-electron chi connectivity index (χ3n) is 3.34. The number of nitro benzene ring substituents is 1. The van der Waals surface area contributed by atoms with E-state index < -0.39 is 10.7 Å². The first-order valence-corrected chi connectivity index (χ1v) is 6.95. The first-order valence-electron chi connectivity index (χ1n) is 6.95. The fourth-order valence-electron chi connectivity index (χ4n) is 2.31. The number of fused-ring (bicyclic) bond motifs is 1. The zero-order chi connectivity index (χ0) is 16.4. The molecular formula is C16H13NO6. The Balaban J connectivity index is 2.05. The highest BCUT2D eigenvalue weighted by atomic mass is 16.7. The van der Waals surface area contributed by atoms with Gasteiger partial charge in [-0.25, -0.2) is 0 Å². The molecule has 2 aromatic carbocycles. The van der Waals surface area contributed by atoms with Crippen molar-refractivity contribution >= 4 is 11.5 Å². The van der Waals surface area contributed by atoms with Gasteiger partial charge in [0, 0.05) is 11.6 Å². The number of ether oxygens (including phenoxy) is 3. The van der Waals surface area contributed by atoms with E-state index in [0.717, 1.165) is 0 Å². The van der Waals surface area contributed by atoms with Crippen molar-refractivity contribution in [3.63, 3.8) is 0 Å². The van der Waals surface area contributed by atoms with E-state index in [-0.39, 0.29) is 23.8 Å². The molecule has 0 bridgehead atoms. The van der Waals surface area contributed by atoms with E-state index in [4.69, 9.17) is 14.2 Å². The van der Waals surface area contributed by atoms with Crippen molar-refractivity contribution in [1.82, 2.24) is 0 Å². The number of ketones is 1. The zero-order valence-electron chi connectivity index (χ0n) is 12.3. The molecule has 1 aliphatic rings. The molecule has 0 N–H and O–H groups in total. The van der Waals surface area contributed by atoms with Gasteiger partial charge in [0.2, 0.25) is 6.79 Å². The Morgan fingerprint density at radius 1 is 1.26 bits per heavy atom. The highest BCUT2D eigenvalue weighted by Gasteiger charge is 2.27. The molecule has 1 heterocycles. The second-order valence-corrected chi connectivity index (χ2v) is 4.77. The van der Waals surface area contributed by atoms with Crippen LogP contribution in [0.4, 0.5) is 5.69 Å². The topological polar surface area (TPSA) is 87.9 Å². The van der Waals surface area contributed by atoms with Crippen LogP contribution in [0.25, 0.3) is 0 Å². The van der Waals surface area contributed by atoms with Crippen LogP contribution in [-0.4, -0.2) is 24.1 Å². The van der Waals surface area contributed by atoms with Crippen molar-refractivity contribution in [3.8, 4) is 17.2 Å². The molecule has 0 spiro atoms. The van der Waals surface area contributed by atoms with Crippen LogP contribution in [-0.2, 0) is 0 Å². The van der Waals surface area contributed by atoms with Crippen molar-refractivity contribution in [2.45, 2.75) is 6.92 Å². The first-order chi connectivity index (χ1) is 11.1. The van der Waals surface area contributed by atoms with Crippen LogP contribution >= 0.6 is 0 Å². The lowest BCUT2D eigenvalue weighted by Crippen LogP contribution is -2.06. The average Bonchev–Trinajstić information content (AvgIpc) is 3.01. The lowest BCUT2D eigenvalue weighted by Gasteiger charge is -2.07. The minimum absolute atomic E-state index is 0.0239. The van der Waals surface area contributed by atoms with Crippen LogP contribution in [0.2, 0.25) is 0 Å². The number of benzene rings is 2. The normalized spacial score (nSPS) is 12.0. The summed E-state index contributed by atoms with van der Waals surface area (Å²) in [5.74, 6) is 0.634. The summed E-state index contributed by atoms with van der Waals surface area (Å²) in [7, 11) is 0. The van der Waals surface area contributed by atoms with Gasteiger partial charge >= 0.3 is 0 Å². The number of carbonyl (C=O) groups excluding carboxylic acids is 1. The number of rotatable bonds is 5. The monoisotopic (exact) mass is 315 g/mol. The van der Waals surface area contributed by atoms with Crippen LogP contribution in [0.1, 0.15) is 22.8 Å². The number of nitrogens with zero attached hydrogens (tertiary/aromatic N) is 1. The SMILES string of the molecule is CCOc1cccc(C(=O)c2cc3c(cc2[N+](=O)[O-])OCO3)c1. The van der Waals surface area contributed by atoms with Crippen LogP contribution in [0, 0.1) is 10.1 Å². The minimum Gasteiger partial charge on any atom is -0.494 e. The predicted molar refractivity (Wildman–Crippen MR) is 80.3 cm³/mol. The van der Waals surface area contributed by atoms with Gasteiger partial charge in [-0.1, -0.05) is 12.1 Å². The summed E-state index contributed by atoms with van der Waals surface area (Å²) in [6, 6.07) is 9.07. The number of hydrogen-bond donors (Lipinski definition) is 0. The van der Waals surface area contributed by atoms with Gasteiger partial charge in [0.05, 0.1) is 17.6 Å². The Hall–Kier alpha value is -3.09. The fraction of sp³-hybridized carbons (Fsp3) is 0.188. The molecule has 118 valence electrons. The van der Waals surface area contributed by atoms with Crippen LogP contribution in [0.15, 0.2) is 36.4 Å². The average molecular weight is 315 g/mol. The third-order valence-corrected chi connectivity index (χ3v) is 3.34. The fourth-order valence-corrected chi connectivity index (χ4v) is 2.31. The Morgan fingerprint density at radius 3 is 2.70 bits per heavy atom. The maximum Gasteiger partial charge on any atom is 0.284 e. The highest BCUT2D eigenvalue weighted by molar-refractivity contribution is 6.12. The maximum atomic E-state index is 12.7. The summed E-state index contributed by atoms with van der Waals surface area (Å²) < 4.78 is 15.7. The van der Waals surface area contributed by atoms with Crippen molar-refractivity contribution in [2.75, 3.05) is 13.4 Å². The number of nitro groups is 1. The zero-order valence-corrected chi connectivity index (χ0v) is 12.3. The van der Waals surface area contributed by atoms with Gasteiger partial charge in [0.1, 0.15) is 11.3 Å². The smallest absolute Gasteiger partial charge is 0.284 e.